The highest BCUT2D eigenvalue weighted by Gasteiger charge is 2.36. The largest absolute Gasteiger partial charge is 0.478 e. The van der Waals surface area contributed by atoms with Crippen molar-refractivity contribution in [2.24, 2.45) is 0 Å². The van der Waals surface area contributed by atoms with Crippen molar-refractivity contribution in [1.82, 2.24) is 0 Å². The molecule has 0 atom stereocenters. The van der Waals surface area contributed by atoms with Crippen molar-refractivity contribution >= 4 is 21.4 Å². The van der Waals surface area contributed by atoms with Gasteiger partial charge < -0.3 is 5.11 Å². The number of benzene rings is 1. The van der Waals surface area contributed by atoms with Crippen molar-refractivity contribution in [3.8, 4) is 0 Å². The van der Waals surface area contributed by atoms with Gasteiger partial charge in [0.25, 0.3) is 0 Å². The van der Waals surface area contributed by atoms with Gasteiger partial charge in [-0.3, -0.25) is 0 Å². The number of aryl methyl sites for hydroxylation is 1. The molecule has 0 amide bonds. The molecule has 4 nitrogen and oxygen atoms in total. The molecule has 2 rings (SSSR count). The van der Waals surface area contributed by atoms with E-state index in [0.717, 1.165) is 28.3 Å². The monoisotopic (exact) mass is 374 g/mol. The minimum atomic E-state index is -3.21. The summed E-state index contributed by atoms with van der Waals surface area (Å²) >= 11 is 0. The lowest BCUT2D eigenvalue weighted by Crippen LogP contribution is -2.30. The lowest BCUT2D eigenvalue weighted by Gasteiger charge is -2.33. The molecule has 0 saturated heterocycles. The number of carboxylic acids is 1. The van der Waals surface area contributed by atoms with E-state index in [1.807, 2.05) is 32.1 Å². The zero-order valence-electron chi connectivity index (χ0n) is 16.0. The van der Waals surface area contributed by atoms with Gasteiger partial charge in [-0.2, -0.15) is 0 Å². The Morgan fingerprint density at radius 1 is 1.23 bits per heavy atom. The van der Waals surface area contributed by atoms with E-state index in [1.165, 1.54) is 0 Å². The number of allylic oxidation sites excluding steroid dienone is 5. The van der Waals surface area contributed by atoms with Gasteiger partial charge in [0, 0.05) is 6.08 Å². The first kappa shape index (κ1) is 20.2. The molecule has 1 aliphatic heterocycles. The molecule has 1 aromatic carbocycles. The highest BCUT2D eigenvalue weighted by Crippen LogP contribution is 2.40. The first-order chi connectivity index (χ1) is 11.9. The summed E-state index contributed by atoms with van der Waals surface area (Å²) in [5, 5.41) is 8.74. The van der Waals surface area contributed by atoms with Crippen molar-refractivity contribution in [2.45, 2.75) is 51.3 Å². The highest BCUT2D eigenvalue weighted by molar-refractivity contribution is 7.91. The van der Waals surface area contributed by atoms with Crippen LogP contribution in [0.2, 0.25) is 0 Å². The Morgan fingerprint density at radius 3 is 2.50 bits per heavy atom. The molecular weight excluding hydrogens is 348 g/mol. The molecule has 0 bridgehead atoms. The Kier molecular flexibility index (Phi) is 5.61. The number of hydrogen-bond donors (Lipinski definition) is 1. The highest BCUT2D eigenvalue weighted by atomic mass is 32.2. The van der Waals surface area contributed by atoms with Crippen molar-refractivity contribution < 1.29 is 18.3 Å². The van der Waals surface area contributed by atoms with Gasteiger partial charge in [0.05, 0.1) is 10.6 Å². The fraction of sp³-hybridized carbons (Fsp3) is 0.381. The quantitative estimate of drug-likeness (QED) is 0.625. The summed E-state index contributed by atoms with van der Waals surface area (Å²) < 4.78 is 24.9. The maximum Gasteiger partial charge on any atom is 0.328 e. The first-order valence-corrected chi connectivity index (χ1v) is 10.2. The molecule has 1 N–H and O–H groups in total. The fourth-order valence-corrected chi connectivity index (χ4v) is 5.23. The first-order valence-electron chi connectivity index (χ1n) is 8.58. The van der Waals surface area contributed by atoms with E-state index >= 15 is 0 Å². The van der Waals surface area contributed by atoms with Gasteiger partial charge in [0.1, 0.15) is 0 Å². The molecule has 0 unspecified atom stereocenters. The maximum atomic E-state index is 12.4. The molecule has 0 saturated carbocycles. The summed E-state index contributed by atoms with van der Waals surface area (Å²) in [6, 6.07) is 3.79. The number of hydrogen-bond acceptors (Lipinski definition) is 3. The summed E-state index contributed by atoms with van der Waals surface area (Å²) in [7, 11) is -3.21. The molecule has 0 radical (unpaired) electrons. The van der Waals surface area contributed by atoms with Crippen LogP contribution in [0.3, 0.4) is 0 Å². The van der Waals surface area contributed by atoms with Gasteiger partial charge in [0.15, 0.2) is 9.84 Å². The van der Waals surface area contributed by atoms with Crippen LogP contribution in [0, 0.1) is 6.92 Å². The van der Waals surface area contributed by atoms with Crippen LogP contribution in [0.1, 0.15) is 50.8 Å². The third kappa shape index (κ3) is 4.33. The molecule has 0 aliphatic carbocycles. The molecule has 26 heavy (non-hydrogen) atoms. The zero-order chi connectivity index (χ0) is 19.7. The Balaban J connectivity index is 2.47. The summed E-state index contributed by atoms with van der Waals surface area (Å²) in [5.41, 5.74) is 4.28. The second kappa shape index (κ2) is 7.23. The number of aliphatic carboxylic acids is 1. The van der Waals surface area contributed by atoms with Crippen molar-refractivity contribution in [3.05, 3.63) is 58.7 Å². The summed E-state index contributed by atoms with van der Waals surface area (Å²) in [6.07, 6.45) is 7.23. The molecule has 0 spiro atoms. The van der Waals surface area contributed by atoms with Crippen LogP contribution in [-0.4, -0.2) is 25.2 Å². The van der Waals surface area contributed by atoms with Gasteiger partial charge in [-0.05, 0) is 72.6 Å². The van der Waals surface area contributed by atoms with Gasteiger partial charge in [-0.25, -0.2) is 13.2 Å². The minimum Gasteiger partial charge on any atom is -0.478 e. The van der Waals surface area contributed by atoms with E-state index in [2.05, 4.69) is 13.8 Å². The lowest BCUT2D eigenvalue weighted by molar-refractivity contribution is -0.131. The SMILES string of the molecule is CC(/C=C/C=C(\C)c1cc2c(cc1C)S(=O)(=O)CCC2(C)C)=C\C(=O)O. The van der Waals surface area contributed by atoms with E-state index in [0.29, 0.717) is 16.9 Å². The van der Waals surface area contributed by atoms with Gasteiger partial charge in [-0.15, -0.1) is 0 Å². The van der Waals surface area contributed by atoms with E-state index in [1.54, 1.807) is 19.1 Å². The van der Waals surface area contributed by atoms with Crippen LogP contribution in [0.15, 0.2) is 46.9 Å². The molecule has 1 heterocycles. The third-order valence-electron chi connectivity index (χ3n) is 4.87. The molecule has 1 aliphatic rings. The molecule has 0 aromatic heterocycles. The smallest absolute Gasteiger partial charge is 0.328 e. The number of carbonyl (C=O) groups is 1. The summed E-state index contributed by atoms with van der Waals surface area (Å²) in [6.45, 7) is 9.78. The molecule has 5 heteroatoms. The number of sulfone groups is 1. The third-order valence-corrected chi connectivity index (χ3v) is 6.62. The topological polar surface area (TPSA) is 71.4 Å². The predicted molar refractivity (Wildman–Crippen MR) is 105 cm³/mol. The average molecular weight is 375 g/mol. The number of rotatable bonds is 4. The summed E-state index contributed by atoms with van der Waals surface area (Å²) in [4.78, 5) is 11.1. The van der Waals surface area contributed by atoms with Crippen molar-refractivity contribution in [1.29, 1.82) is 0 Å². The molecule has 140 valence electrons. The molecule has 0 fully saturated rings. The number of carboxylic acid groups (broad SMARTS) is 1. The zero-order valence-corrected chi connectivity index (χ0v) is 16.8. The van der Waals surface area contributed by atoms with Crippen LogP contribution in [0.25, 0.3) is 5.57 Å². The van der Waals surface area contributed by atoms with E-state index in [4.69, 9.17) is 5.11 Å². The van der Waals surface area contributed by atoms with E-state index in [9.17, 15) is 13.2 Å². The Labute approximate surface area is 155 Å². The Hall–Kier alpha value is -2.14. The Morgan fingerprint density at radius 2 is 1.88 bits per heavy atom. The maximum absolute atomic E-state index is 12.4. The van der Waals surface area contributed by atoms with Crippen LogP contribution in [0.5, 0.6) is 0 Å². The van der Waals surface area contributed by atoms with Gasteiger partial charge >= 0.3 is 5.97 Å². The number of fused-ring (bicyclic) bond motifs is 1. The lowest BCUT2D eigenvalue weighted by atomic mass is 9.80. The fourth-order valence-electron chi connectivity index (χ4n) is 3.20. The van der Waals surface area contributed by atoms with E-state index < -0.39 is 15.8 Å². The Bertz CT molecular complexity index is 929. The summed E-state index contributed by atoms with van der Waals surface area (Å²) in [5.74, 6) is -0.778. The predicted octanol–water partition coefficient (Wildman–Crippen LogP) is 4.44. The van der Waals surface area contributed by atoms with Gasteiger partial charge in [0.2, 0.25) is 0 Å². The van der Waals surface area contributed by atoms with Crippen LogP contribution in [-0.2, 0) is 20.0 Å². The van der Waals surface area contributed by atoms with Gasteiger partial charge in [-0.1, -0.05) is 32.1 Å². The molecular formula is C21H26O4S. The van der Waals surface area contributed by atoms with Crippen LogP contribution >= 0.6 is 0 Å². The minimum absolute atomic E-state index is 0.181. The van der Waals surface area contributed by atoms with Crippen molar-refractivity contribution in [3.63, 3.8) is 0 Å². The second-order valence-electron chi connectivity index (χ2n) is 7.55. The normalized spacial score (nSPS) is 19.4. The van der Waals surface area contributed by atoms with Crippen LogP contribution < -0.4 is 0 Å². The average Bonchev–Trinajstić information content (AvgIpc) is 2.50. The molecule has 1 aromatic rings. The van der Waals surface area contributed by atoms with E-state index in [-0.39, 0.29) is 11.2 Å². The van der Waals surface area contributed by atoms with Crippen molar-refractivity contribution in [2.75, 3.05) is 5.75 Å². The van der Waals surface area contributed by atoms with Crippen LogP contribution in [0.4, 0.5) is 0 Å². The second-order valence-corrected chi connectivity index (χ2v) is 9.63. The standard InChI is InChI=1S/C21H26O4S/c1-14(11-20(22)23)7-6-8-15(2)17-13-18-19(12-16(17)3)26(24,25)10-9-21(18,4)5/h6-8,11-13H,9-10H2,1-5H3,(H,22,23)/b7-6+,14-11+,15-8+.